The predicted molar refractivity (Wildman–Crippen MR) is 45.2 cm³/mol. The van der Waals surface area contributed by atoms with Crippen LogP contribution in [0.2, 0.25) is 5.02 Å². The van der Waals surface area contributed by atoms with Crippen molar-refractivity contribution >= 4 is 23.6 Å². The summed E-state index contributed by atoms with van der Waals surface area (Å²) in [5.41, 5.74) is -0.524. The van der Waals surface area contributed by atoms with E-state index in [0.29, 0.717) is 6.29 Å². The van der Waals surface area contributed by atoms with Crippen molar-refractivity contribution in [1.29, 1.82) is 0 Å². The van der Waals surface area contributed by atoms with E-state index in [-0.39, 0.29) is 16.3 Å². The summed E-state index contributed by atoms with van der Waals surface area (Å²) in [6, 6.07) is 1.93. The number of hydrogen-bond acceptors (Lipinski definition) is 4. The molecule has 5 nitrogen and oxygen atoms in total. The van der Waals surface area contributed by atoms with Gasteiger partial charge < -0.3 is 5.11 Å². The number of non-ortho nitro benzene ring substituents is 1. The average Bonchev–Trinajstić information content (AvgIpc) is 2.09. The third-order valence-electron chi connectivity index (χ3n) is 1.42. The Balaban J connectivity index is 3.38. The molecule has 13 heavy (non-hydrogen) atoms. The summed E-state index contributed by atoms with van der Waals surface area (Å²) in [6.45, 7) is 0. The van der Waals surface area contributed by atoms with Crippen molar-refractivity contribution in [3.8, 4) is 5.75 Å². The maximum Gasteiger partial charge on any atom is 0.271 e. The number of aldehydes is 1. The van der Waals surface area contributed by atoms with E-state index < -0.39 is 10.7 Å². The van der Waals surface area contributed by atoms with E-state index in [2.05, 4.69) is 0 Å². The van der Waals surface area contributed by atoms with Crippen molar-refractivity contribution in [2.24, 2.45) is 0 Å². The monoisotopic (exact) mass is 201 g/mol. The van der Waals surface area contributed by atoms with Crippen LogP contribution in [0, 0.1) is 10.1 Å². The van der Waals surface area contributed by atoms with Gasteiger partial charge >= 0.3 is 0 Å². The summed E-state index contributed by atoms with van der Waals surface area (Å²) < 4.78 is 0. The maximum atomic E-state index is 10.3. The van der Waals surface area contributed by atoms with Crippen molar-refractivity contribution < 1.29 is 14.8 Å². The topological polar surface area (TPSA) is 80.4 Å². The third-order valence-corrected chi connectivity index (χ3v) is 1.70. The van der Waals surface area contributed by atoms with Gasteiger partial charge in [0.25, 0.3) is 5.69 Å². The summed E-state index contributed by atoms with van der Waals surface area (Å²) in [5, 5.41) is 19.2. The van der Waals surface area contributed by atoms with Crippen LogP contribution in [0.4, 0.5) is 5.69 Å². The fourth-order valence-electron chi connectivity index (χ4n) is 0.801. The van der Waals surface area contributed by atoms with Crippen molar-refractivity contribution in [2.75, 3.05) is 0 Å². The molecule has 0 aliphatic carbocycles. The molecule has 0 aliphatic rings. The summed E-state index contributed by atoms with van der Waals surface area (Å²) in [7, 11) is 0. The van der Waals surface area contributed by atoms with E-state index in [0.717, 1.165) is 12.1 Å². The average molecular weight is 202 g/mol. The van der Waals surface area contributed by atoms with Crippen LogP contribution in [0.25, 0.3) is 0 Å². The highest BCUT2D eigenvalue weighted by Crippen LogP contribution is 2.30. The molecule has 0 heterocycles. The van der Waals surface area contributed by atoms with Crippen LogP contribution >= 0.6 is 11.6 Å². The number of aromatic hydroxyl groups is 1. The van der Waals surface area contributed by atoms with Crippen molar-refractivity contribution in [3.05, 3.63) is 32.8 Å². The number of carbonyl (C=O) groups excluding carboxylic acids is 1. The lowest BCUT2D eigenvalue weighted by atomic mass is 10.2. The smallest absolute Gasteiger partial charge is 0.271 e. The molecule has 0 bridgehead atoms. The Morgan fingerprint density at radius 3 is 2.62 bits per heavy atom. The molecular formula is C7H4ClNO4. The molecule has 0 saturated carbocycles. The Kier molecular flexibility index (Phi) is 2.48. The maximum absolute atomic E-state index is 10.3. The molecule has 0 spiro atoms. The first kappa shape index (κ1) is 9.47. The number of phenols is 1. The van der Waals surface area contributed by atoms with Crippen LogP contribution < -0.4 is 0 Å². The first-order valence-electron chi connectivity index (χ1n) is 3.18. The molecule has 0 atom stereocenters. The molecule has 0 aromatic heterocycles. The Bertz CT molecular complexity index is 377. The molecule has 0 fully saturated rings. The lowest BCUT2D eigenvalue weighted by Gasteiger charge is -1.99. The quantitative estimate of drug-likeness (QED) is 0.449. The molecule has 1 rings (SSSR count). The standard InChI is InChI=1S/C7H4ClNO4/c8-6-2-5(9(12)13)1-4(3-10)7(6)11/h1-3,11H. The fraction of sp³-hybridized carbons (Fsp3) is 0. The number of carbonyl (C=O) groups is 1. The zero-order valence-corrected chi connectivity index (χ0v) is 6.99. The third kappa shape index (κ3) is 1.75. The molecule has 0 amide bonds. The van der Waals surface area contributed by atoms with Gasteiger partial charge in [-0.05, 0) is 0 Å². The Morgan fingerprint density at radius 1 is 1.54 bits per heavy atom. The van der Waals surface area contributed by atoms with Gasteiger partial charge in [-0.1, -0.05) is 11.6 Å². The number of phenolic OH excluding ortho intramolecular Hbond substituents is 1. The number of hydrogen-bond donors (Lipinski definition) is 1. The SMILES string of the molecule is O=Cc1cc([N+](=O)[O-])cc(Cl)c1O. The van der Waals surface area contributed by atoms with Gasteiger partial charge in [-0.15, -0.1) is 0 Å². The van der Waals surface area contributed by atoms with E-state index in [1.54, 1.807) is 0 Å². The largest absolute Gasteiger partial charge is 0.506 e. The number of nitro groups is 1. The van der Waals surface area contributed by atoms with Crippen LogP contribution in [0.3, 0.4) is 0 Å². The summed E-state index contributed by atoms with van der Waals surface area (Å²) in [6.07, 6.45) is 0.300. The second-order valence-corrected chi connectivity index (χ2v) is 2.65. The van der Waals surface area contributed by atoms with Crippen LogP contribution in [0.15, 0.2) is 12.1 Å². The predicted octanol–water partition coefficient (Wildman–Crippen LogP) is 1.77. The van der Waals surface area contributed by atoms with Crippen molar-refractivity contribution in [2.45, 2.75) is 0 Å². The second kappa shape index (κ2) is 3.40. The van der Waals surface area contributed by atoms with Crippen molar-refractivity contribution in [1.82, 2.24) is 0 Å². The number of nitrogens with zero attached hydrogens (tertiary/aromatic N) is 1. The van der Waals surface area contributed by atoms with E-state index in [1.807, 2.05) is 0 Å². The summed E-state index contributed by atoms with van der Waals surface area (Å²) >= 11 is 5.43. The van der Waals surface area contributed by atoms with Crippen LogP contribution in [-0.2, 0) is 0 Å². The minimum atomic E-state index is -0.696. The Labute approximate surface area is 77.7 Å². The molecule has 6 heteroatoms. The Hall–Kier alpha value is -1.62. The van der Waals surface area contributed by atoms with Gasteiger partial charge in [0.1, 0.15) is 5.75 Å². The van der Waals surface area contributed by atoms with E-state index >= 15 is 0 Å². The first-order valence-corrected chi connectivity index (χ1v) is 3.56. The molecular weight excluding hydrogens is 198 g/mol. The molecule has 0 aliphatic heterocycles. The van der Waals surface area contributed by atoms with E-state index in [1.165, 1.54) is 0 Å². The van der Waals surface area contributed by atoms with Gasteiger partial charge in [-0.2, -0.15) is 0 Å². The van der Waals surface area contributed by atoms with Crippen LogP contribution in [0.1, 0.15) is 10.4 Å². The van der Waals surface area contributed by atoms with Gasteiger partial charge in [-0.3, -0.25) is 14.9 Å². The second-order valence-electron chi connectivity index (χ2n) is 2.24. The van der Waals surface area contributed by atoms with Gasteiger partial charge in [0.2, 0.25) is 0 Å². The lowest BCUT2D eigenvalue weighted by molar-refractivity contribution is -0.384. The van der Waals surface area contributed by atoms with Gasteiger partial charge in [0.05, 0.1) is 15.5 Å². The number of rotatable bonds is 2. The first-order chi connectivity index (χ1) is 6.06. The van der Waals surface area contributed by atoms with Gasteiger partial charge in [0, 0.05) is 12.1 Å². The molecule has 1 aromatic rings. The minimum absolute atomic E-state index is 0.195. The molecule has 68 valence electrons. The molecule has 1 aromatic carbocycles. The molecule has 0 unspecified atom stereocenters. The normalized spacial score (nSPS) is 9.62. The highest BCUT2D eigenvalue weighted by Gasteiger charge is 2.13. The van der Waals surface area contributed by atoms with Gasteiger partial charge in [0.15, 0.2) is 6.29 Å². The van der Waals surface area contributed by atoms with Crippen LogP contribution in [-0.4, -0.2) is 16.3 Å². The number of halogens is 1. The Morgan fingerprint density at radius 2 is 2.15 bits per heavy atom. The minimum Gasteiger partial charge on any atom is -0.506 e. The number of benzene rings is 1. The highest BCUT2D eigenvalue weighted by atomic mass is 35.5. The van der Waals surface area contributed by atoms with Crippen molar-refractivity contribution in [3.63, 3.8) is 0 Å². The van der Waals surface area contributed by atoms with Gasteiger partial charge in [-0.25, -0.2) is 0 Å². The zero-order valence-electron chi connectivity index (χ0n) is 6.23. The van der Waals surface area contributed by atoms with E-state index in [9.17, 15) is 14.9 Å². The fourth-order valence-corrected chi connectivity index (χ4v) is 1.02. The summed E-state index contributed by atoms with van der Waals surface area (Å²) in [4.78, 5) is 19.9. The van der Waals surface area contributed by atoms with Crippen LogP contribution in [0.5, 0.6) is 5.75 Å². The van der Waals surface area contributed by atoms with E-state index in [4.69, 9.17) is 16.7 Å². The highest BCUT2D eigenvalue weighted by molar-refractivity contribution is 6.32. The summed E-state index contributed by atoms with van der Waals surface area (Å²) in [5.74, 6) is -0.442. The molecule has 0 saturated heterocycles. The number of nitro benzene ring substituents is 1. The molecule has 1 N–H and O–H groups in total. The lowest BCUT2D eigenvalue weighted by Crippen LogP contribution is -1.91. The molecule has 0 radical (unpaired) electrons. The zero-order chi connectivity index (χ0) is 10.0.